The normalized spacial score (nSPS) is 12.1. The van der Waals surface area contributed by atoms with Crippen molar-refractivity contribution >= 4 is 60.1 Å². The van der Waals surface area contributed by atoms with Gasteiger partial charge < -0.3 is 0 Å². The minimum absolute atomic E-state index is 0.244. The van der Waals surface area contributed by atoms with Crippen molar-refractivity contribution in [3.05, 3.63) is 97.3 Å². The number of hydrogen-bond acceptors (Lipinski definition) is 10. The maximum absolute atomic E-state index is 11.0. The Balaban J connectivity index is 1.30. The van der Waals surface area contributed by atoms with E-state index in [4.69, 9.17) is 29.5 Å². The summed E-state index contributed by atoms with van der Waals surface area (Å²) in [7, 11) is -5.90. The Morgan fingerprint density at radius 2 is 1.02 bits per heavy atom. The van der Waals surface area contributed by atoms with E-state index in [0.29, 0.717) is 55.0 Å². The van der Waals surface area contributed by atoms with Crippen molar-refractivity contribution in [2.45, 2.75) is 0 Å². The van der Waals surface area contributed by atoms with E-state index in [2.05, 4.69) is 19.3 Å². The van der Waals surface area contributed by atoms with Gasteiger partial charge in [0.1, 0.15) is 20.4 Å². The quantitative estimate of drug-likeness (QED) is 0.0762. The Bertz CT molecular complexity index is 2130. The summed E-state index contributed by atoms with van der Waals surface area (Å²) in [4.78, 5) is 47.0. The molecule has 7 rings (SSSR count). The molecule has 0 saturated carbocycles. The molecule has 44 heavy (non-hydrogen) atoms. The van der Waals surface area contributed by atoms with Crippen molar-refractivity contribution in [2.24, 2.45) is 0 Å². The van der Waals surface area contributed by atoms with Gasteiger partial charge in [0.2, 0.25) is 0 Å². The van der Waals surface area contributed by atoms with E-state index in [-0.39, 0.29) is 11.5 Å². The van der Waals surface area contributed by atoms with Gasteiger partial charge >= 0.3 is 16.5 Å². The molecule has 0 radical (unpaired) electrons. The molecule has 12 nitrogen and oxygen atoms in total. The minimum atomic E-state index is -2.95. The summed E-state index contributed by atoms with van der Waals surface area (Å²) in [6, 6.07) is 25.6. The fraction of sp³-hybridized carbons (Fsp3) is 0. The number of benzene rings is 3. The maximum Gasteiger partial charge on any atom is 0.735 e. The lowest BCUT2D eigenvalue weighted by molar-refractivity contribution is -0.0998. The monoisotopic (exact) mass is 624 g/mol. The van der Waals surface area contributed by atoms with Crippen LogP contribution in [-0.2, 0) is 18.5 Å². The van der Waals surface area contributed by atoms with Gasteiger partial charge in [-0.15, -0.1) is 9.79 Å². The molecule has 2 atom stereocenters. The van der Waals surface area contributed by atoms with Crippen LogP contribution in [0, 0.1) is 0 Å². The Morgan fingerprint density at radius 1 is 0.545 bits per heavy atom. The molecule has 14 heteroatoms. The Morgan fingerprint density at radius 3 is 1.48 bits per heavy atom. The van der Waals surface area contributed by atoms with Crippen LogP contribution in [0.25, 0.3) is 66.1 Å². The molecule has 4 heterocycles. The van der Waals surface area contributed by atoms with Gasteiger partial charge in [0.15, 0.2) is 11.5 Å². The largest absolute Gasteiger partial charge is 0.735 e. The summed E-state index contributed by atoms with van der Waals surface area (Å²) in [5.41, 5.74) is 5.43. The first-order valence-corrected chi connectivity index (χ1v) is 15.2. The number of fused-ring (bicyclic) bond motifs is 6. The molecule has 0 aliphatic carbocycles. The SMILES string of the molecule is O=[P+](O)OOc1cc2ccc(-c3cccc(-c4ccc5cc(OO[P+](=O)O)c6cccnc6c5n4)c3)nc2c2ncccc12. The summed E-state index contributed by atoms with van der Waals surface area (Å²) in [5.74, 6) is 0.489. The topological polar surface area (TPSA) is 163 Å². The standard InChI is InChI=1S/C30H16N4O8P2/c35-43(36)41-39-25-15-19-8-10-23(33-27(19)29-21(25)6-2-12-31-29)17-4-1-5-18(14-17)24-11-9-20-16-26(40-42-44(37)38)22-7-3-13-32-30(22)28(20)34-24/h1-16H/p+2. The van der Waals surface area contributed by atoms with Crippen molar-refractivity contribution in [2.75, 3.05) is 0 Å². The van der Waals surface area contributed by atoms with Crippen LogP contribution in [-0.4, -0.2) is 29.7 Å². The molecule has 0 bridgehead atoms. The average molecular weight is 624 g/mol. The second kappa shape index (κ2) is 11.6. The second-order valence-corrected chi connectivity index (χ2v) is 10.7. The van der Waals surface area contributed by atoms with Gasteiger partial charge in [0.05, 0.1) is 22.4 Å². The first-order chi connectivity index (χ1) is 21.4. The predicted octanol–water partition coefficient (Wildman–Crippen LogP) is 7.13. The van der Waals surface area contributed by atoms with E-state index >= 15 is 0 Å². The zero-order valence-electron chi connectivity index (χ0n) is 22.3. The van der Waals surface area contributed by atoms with Crippen LogP contribution in [0.4, 0.5) is 0 Å². The number of hydrogen-bond donors (Lipinski definition) is 2. The van der Waals surface area contributed by atoms with Crippen molar-refractivity contribution in [1.29, 1.82) is 0 Å². The van der Waals surface area contributed by atoms with Crippen molar-refractivity contribution in [3.8, 4) is 34.0 Å². The Labute approximate surface area is 249 Å². The highest BCUT2D eigenvalue weighted by molar-refractivity contribution is 7.32. The molecule has 0 aliphatic rings. The first kappa shape index (κ1) is 27.8. The van der Waals surface area contributed by atoms with Gasteiger partial charge in [-0.1, -0.05) is 30.3 Å². The highest BCUT2D eigenvalue weighted by Crippen LogP contribution is 2.36. The van der Waals surface area contributed by atoms with Gasteiger partial charge in [0, 0.05) is 54.2 Å². The highest BCUT2D eigenvalue weighted by atomic mass is 31.1. The number of aromatic nitrogens is 4. The summed E-state index contributed by atoms with van der Waals surface area (Å²) in [6.45, 7) is 0. The van der Waals surface area contributed by atoms with Crippen LogP contribution in [0.5, 0.6) is 11.5 Å². The molecule has 4 aromatic heterocycles. The zero-order chi connectivity index (χ0) is 30.2. The van der Waals surface area contributed by atoms with Gasteiger partial charge in [-0.3, -0.25) is 19.7 Å². The van der Waals surface area contributed by atoms with Gasteiger partial charge in [-0.2, -0.15) is 0 Å². The molecule has 2 unspecified atom stereocenters. The average Bonchev–Trinajstić information content (AvgIpc) is 3.05. The third-order valence-corrected chi connectivity index (χ3v) is 7.26. The third kappa shape index (κ3) is 5.29. The Kier molecular flexibility index (Phi) is 7.29. The summed E-state index contributed by atoms with van der Waals surface area (Å²) in [5, 5.41) is 2.56. The lowest BCUT2D eigenvalue weighted by Gasteiger charge is -2.10. The minimum Gasteiger partial charge on any atom is -0.290 e. The maximum atomic E-state index is 11.0. The van der Waals surface area contributed by atoms with Crippen LogP contribution < -0.4 is 9.78 Å². The molecular formula is C30H18N4O8P2+2. The molecule has 0 aliphatic heterocycles. The fourth-order valence-corrected chi connectivity index (χ4v) is 5.31. The summed E-state index contributed by atoms with van der Waals surface area (Å²) < 4.78 is 31.0. The van der Waals surface area contributed by atoms with Crippen LogP contribution in [0.3, 0.4) is 0 Å². The first-order valence-electron chi connectivity index (χ1n) is 12.9. The van der Waals surface area contributed by atoms with E-state index in [1.54, 1.807) is 48.8 Å². The predicted molar refractivity (Wildman–Crippen MR) is 162 cm³/mol. The smallest absolute Gasteiger partial charge is 0.290 e. The van der Waals surface area contributed by atoms with Crippen LogP contribution in [0.15, 0.2) is 97.3 Å². The second-order valence-electron chi connectivity index (χ2n) is 9.46. The molecule has 214 valence electrons. The van der Waals surface area contributed by atoms with E-state index in [1.807, 2.05) is 48.5 Å². The van der Waals surface area contributed by atoms with Crippen molar-refractivity contribution in [1.82, 2.24) is 19.9 Å². The molecule has 7 aromatic rings. The molecular weight excluding hydrogens is 606 g/mol. The lowest BCUT2D eigenvalue weighted by Crippen LogP contribution is -1.95. The number of nitrogens with zero attached hydrogens (tertiary/aromatic N) is 4. The van der Waals surface area contributed by atoms with E-state index < -0.39 is 16.5 Å². The van der Waals surface area contributed by atoms with Gasteiger partial charge in [0.25, 0.3) is 0 Å². The lowest BCUT2D eigenvalue weighted by atomic mass is 10.0. The van der Waals surface area contributed by atoms with E-state index in [1.165, 1.54) is 0 Å². The highest BCUT2D eigenvalue weighted by Gasteiger charge is 2.20. The molecule has 2 N–H and O–H groups in total. The van der Waals surface area contributed by atoms with Gasteiger partial charge in [-0.25, -0.2) is 9.97 Å². The number of pyridine rings is 4. The molecule has 0 amide bonds. The fourth-order valence-electron chi connectivity index (χ4n) is 5.02. The zero-order valence-corrected chi connectivity index (χ0v) is 24.1. The van der Waals surface area contributed by atoms with Crippen LogP contribution in [0.1, 0.15) is 0 Å². The third-order valence-electron chi connectivity index (χ3n) is 6.86. The number of rotatable bonds is 8. The summed E-state index contributed by atoms with van der Waals surface area (Å²) >= 11 is 0. The Hall–Kier alpha value is -5.06. The van der Waals surface area contributed by atoms with E-state index in [0.717, 1.165) is 11.1 Å². The van der Waals surface area contributed by atoms with E-state index in [9.17, 15) is 9.13 Å². The summed E-state index contributed by atoms with van der Waals surface area (Å²) in [6.07, 6.45) is 3.27. The molecule has 0 saturated heterocycles. The molecule has 0 fully saturated rings. The van der Waals surface area contributed by atoms with Crippen molar-refractivity contribution in [3.63, 3.8) is 0 Å². The van der Waals surface area contributed by atoms with Crippen molar-refractivity contribution < 1.29 is 38.0 Å². The van der Waals surface area contributed by atoms with Crippen LogP contribution >= 0.6 is 16.5 Å². The van der Waals surface area contributed by atoms with Gasteiger partial charge in [-0.05, 0) is 54.6 Å². The molecule has 3 aromatic carbocycles. The van der Waals surface area contributed by atoms with Crippen LogP contribution in [0.2, 0.25) is 0 Å². The molecule has 0 spiro atoms.